The van der Waals surface area contributed by atoms with Crippen molar-refractivity contribution in [3.63, 3.8) is 0 Å². The molecular formula is C22H30FN3O7. The van der Waals surface area contributed by atoms with E-state index in [0.29, 0.717) is 0 Å². The predicted molar refractivity (Wildman–Crippen MR) is 116 cm³/mol. The summed E-state index contributed by atoms with van der Waals surface area (Å²) in [7, 11) is 1.09. The molecule has 0 aliphatic rings. The number of Topliss-reactive ketones (excluding diaryl/α,β-unsaturated/α-hetero) is 1. The summed E-state index contributed by atoms with van der Waals surface area (Å²) < 4.78 is 22.3. The highest BCUT2D eigenvalue weighted by atomic mass is 19.1. The highest BCUT2D eigenvalue weighted by Gasteiger charge is 2.30. The number of methoxy groups -OCH3 is 1. The van der Waals surface area contributed by atoms with Crippen LogP contribution >= 0.6 is 0 Å². The number of nitrogens with one attached hydrogen (secondary N) is 3. The van der Waals surface area contributed by atoms with Gasteiger partial charge in [0.2, 0.25) is 11.8 Å². The maximum Gasteiger partial charge on any atom is 0.408 e. The molecule has 182 valence electrons. The van der Waals surface area contributed by atoms with Crippen molar-refractivity contribution < 1.29 is 37.8 Å². The monoisotopic (exact) mass is 467 g/mol. The Kier molecular flexibility index (Phi) is 11.5. The molecule has 0 spiro atoms. The van der Waals surface area contributed by atoms with Crippen LogP contribution in [0.5, 0.6) is 0 Å². The van der Waals surface area contributed by atoms with Crippen LogP contribution in [0, 0.1) is 5.92 Å². The van der Waals surface area contributed by atoms with Crippen LogP contribution in [0.25, 0.3) is 0 Å². The van der Waals surface area contributed by atoms with Crippen LogP contribution in [0.2, 0.25) is 0 Å². The molecule has 0 fully saturated rings. The van der Waals surface area contributed by atoms with Gasteiger partial charge in [-0.1, -0.05) is 44.2 Å². The van der Waals surface area contributed by atoms with E-state index in [1.165, 1.54) is 6.92 Å². The Balaban J connectivity index is 2.68. The van der Waals surface area contributed by atoms with Crippen LogP contribution in [0.1, 0.15) is 32.8 Å². The molecule has 0 aliphatic heterocycles. The van der Waals surface area contributed by atoms with E-state index >= 15 is 0 Å². The summed E-state index contributed by atoms with van der Waals surface area (Å²) in [6.07, 6.45) is -1.36. The van der Waals surface area contributed by atoms with Gasteiger partial charge in [0.1, 0.15) is 31.4 Å². The number of carbonyl (C=O) groups is 5. The lowest BCUT2D eigenvalue weighted by Crippen LogP contribution is -2.56. The SMILES string of the molecule is COC(=O)C[C@H](NC(=O)[C@@H](C)NC(=O)[C@H](NC(=O)OCc1ccccc1)C(C)C)C(=O)CF. The molecular weight excluding hydrogens is 437 g/mol. The second-order valence-electron chi connectivity index (χ2n) is 7.60. The Hall–Kier alpha value is -3.50. The molecule has 33 heavy (non-hydrogen) atoms. The fourth-order valence-electron chi connectivity index (χ4n) is 2.68. The van der Waals surface area contributed by atoms with E-state index in [9.17, 15) is 28.4 Å². The van der Waals surface area contributed by atoms with E-state index in [2.05, 4.69) is 20.7 Å². The van der Waals surface area contributed by atoms with Crippen molar-refractivity contribution in [3.8, 4) is 0 Å². The number of esters is 1. The Morgan fingerprint density at radius 1 is 0.939 bits per heavy atom. The number of alkyl carbamates (subject to hydrolysis) is 1. The number of hydrogen-bond acceptors (Lipinski definition) is 7. The van der Waals surface area contributed by atoms with Crippen LogP contribution in [0.4, 0.5) is 9.18 Å². The first-order valence-corrected chi connectivity index (χ1v) is 10.3. The van der Waals surface area contributed by atoms with Crippen LogP contribution in [0.15, 0.2) is 30.3 Å². The quantitative estimate of drug-likeness (QED) is 0.390. The molecule has 0 saturated carbocycles. The summed E-state index contributed by atoms with van der Waals surface area (Å²) in [6.45, 7) is 3.36. The lowest BCUT2D eigenvalue weighted by molar-refractivity contribution is -0.143. The van der Waals surface area contributed by atoms with Crippen molar-refractivity contribution >= 4 is 29.7 Å². The molecule has 0 heterocycles. The molecule has 11 heteroatoms. The van der Waals surface area contributed by atoms with Crippen molar-refractivity contribution in [2.45, 2.75) is 51.9 Å². The highest BCUT2D eigenvalue weighted by molar-refractivity contribution is 5.96. The summed E-state index contributed by atoms with van der Waals surface area (Å²) in [4.78, 5) is 60.3. The second-order valence-corrected chi connectivity index (χ2v) is 7.60. The third-order valence-corrected chi connectivity index (χ3v) is 4.62. The van der Waals surface area contributed by atoms with Crippen LogP contribution in [-0.2, 0) is 35.3 Å². The molecule has 0 unspecified atom stereocenters. The fraction of sp³-hybridized carbons (Fsp3) is 0.500. The number of ketones is 1. The molecule has 10 nitrogen and oxygen atoms in total. The van der Waals surface area contributed by atoms with Crippen LogP contribution in [0.3, 0.4) is 0 Å². The average molecular weight is 467 g/mol. The summed E-state index contributed by atoms with van der Waals surface area (Å²) in [5, 5.41) is 7.12. The Labute approximate surface area is 191 Å². The number of carbonyl (C=O) groups excluding carboxylic acids is 5. The van der Waals surface area contributed by atoms with Gasteiger partial charge >= 0.3 is 12.1 Å². The Bertz CT molecular complexity index is 833. The average Bonchev–Trinajstić information content (AvgIpc) is 2.80. The molecule has 3 atom stereocenters. The molecule has 0 radical (unpaired) electrons. The molecule has 1 aromatic carbocycles. The number of hydrogen-bond donors (Lipinski definition) is 3. The molecule has 0 bridgehead atoms. The molecule has 1 rings (SSSR count). The van der Waals surface area contributed by atoms with E-state index in [0.717, 1.165) is 12.7 Å². The second kappa shape index (κ2) is 13.8. The van der Waals surface area contributed by atoms with E-state index in [1.807, 2.05) is 6.07 Å². The molecule has 0 aliphatic carbocycles. The predicted octanol–water partition coefficient (Wildman–Crippen LogP) is 1.03. The molecule has 3 amide bonds. The number of ether oxygens (including phenoxy) is 2. The van der Waals surface area contributed by atoms with E-state index in [-0.39, 0.29) is 12.5 Å². The zero-order valence-corrected chi connectivity index (χ0v) is 19.1. The van der Waals surface area contributed by atoms with Crippen molar-refractivity contribution in [1.29, 1.82) is 0 Å². The van der Waals surface area contributed by atoms with Gasteiger partial charge in [-0.25, -0.2) is 9.18 Å². The highest BCUT2D eigenvalue weighted by Crippen LogP contribution is 2.06. The fourth-order valence-corrected chi connectivity index (χ4v) is 2.68. The molecule has 3 N–H and O–H groups in total. The van der Waals surface area contributed by atoms with E-state index in [1.54, 1.807) is 38.1 Å². The number of halogens is 1. The smallest absolute Gasteiger partial charge is 0.408 e. The van der Waals surface area contributed by atoms with Gasteiger partial charge in [-0.05, 0) is 18.4 Å². The van der Waals surface area contributed by atoms with Crippen LogP contribution < -0.4 is 16.0 Å². The minimum absolute atomic E-state index is 0.0160. The lowest BCUT2D eigenvalue weighted by Gasteiger charge is -2.24. The maximum atomic E-state index is 12.8. The van der Waals surface area contributed by atoms with Gasteiger partial charge in [0.25, 0.3) is 0 Å². The van der Waals surface area contributed by atoms with Crippen molar-refractivity contribution in [3.05, 3.63) is 35.9 Å². The Morgan fingerprint density at radius 2 is 1.58 bits per heavy atom. The van der Waals surface area contributed by atoms with Crippen molar-refractivity contribution in [1.82, 2.24) is 16.0 Å². The molecule has 0 aromatic heterocycles. The minimum atomic E-state index is -1.43. The third-order valence-electron chi connectivity index (χ3n) is 4.62. The maximum absolute atomic E-state index is 12.8. The van der Waals surface area contributed by atoms with Gasteiger partial charge in [-0.15, -0.1) is 0 Å². The summed E-state index contributed by atoms with van der Waals surface area (Å²) in [5.41, 5.74) is 0.771. The Morgan fingerprint density at radius 3 is 2.12 bits per heavy atom. The van der Waals surface area contributed by atoms with Gasteiger partial charge in [0.05, 0.1) is 13.5 Å². The standard InChI is InChI=1S/C22H30FN3O7/c1-13(2)19(26-22(31)33-12-15-8-6-5-7-9-15)21(30)24-14(3)20(29)25-16(17(27)11-23)10-18(28)32-4/h5-9,13-14,16,19H,10-12H2,1-4H3,(H,24,30)(H,25,29)(H,26,31)/t14-,16+,19-/m1/s1. The molecule has 1 aromatic rings. The van der Waals surface area contributed by atoms with E-state index < -0.39 is 60.9 Å². The summed E-state index contributed by atoms with van der Waals surface area (Å²) in [5.74, 6) is -3.63. The zero-order valence-electron chi connectivity index (χ0n) is 19.1. The molecule has 0 saturated heterocycles. The largest absolute Gasteiger partial charge is 0.469 e. The number of amides is 3. The summed E-state index contributed by atoms with van der Waals surface area (Å²) in [6, 6.07) is 5.39. The lowest BCUT2D eigenvalue weighted by atomic mass is 10.0. The number of benzene rings is 1. The number of rotatable bonds is 12. The first kappa shape index (κ1) is 27.5. The van der Waals surface area contributed by atoms with Gasteiger partial charge in [-0.3, -0.25) is 19.2 Å². The zero-order chi connectivity index (χ0) is 25.0. The van der Waals surface area contributed by atoms with Crippen molar-refractivity contribution in [2.75, 3.05) is 13.8 Å². The van der Waals surface area contributed by atoms with Gasteiger partial charge in [-0.2, -0.15) is 0 Å². The van der Waals surface area contributed by atoms with Crippen molar-refractivity contribution in [2.24, 2.45) is 5.92 Å². The van der Waals surface area contributed by atoms with Gasteiger partial charge < -0.3 is 25.4 Å². The summed E-state index contributed by atoms with van der Waals surface area (Å²) >= 11 is 0. The normalized spacial score (nSPS) is 13.3. The third kappa shape index (κ3) is 9.67. The van der Waals surface area contributed by atoms with Gasteiger partial charge in [0.15, 0.2) is 5.78 Å². The van der Waals surface area contributed by atoms with Gasteiger partial charge in [0, 0.05) is 0 Å². The first-order valence-electron chi connectivity index (χ1n) is 10.3. The minimum Gasteiger partial charge on any atom is -0.469 e. The van der Waals surface area contributed by atoms with Crippen LogP contribution in [-0.4, -0.2) is 61.6 Å². The first-order chi connectivity index (χ1) is 15.6. The van der Waals surface area contributed by atoms with E-state index in [4.69, 9.17) is 4.74 Å². The number of alkyl halides is 1. The topological polar surface area (TPSA) is 140 Å².